The molecule has 2 aromatic rings. The number of carbonyl (C=O) groups excluding carboxylic acids is 3. The number of hydrogen-bond acceptors (Lipinski definition) is 6. The Labute approximate surface area is 147 Å². The van der Waals surface area contributed by atoms with Crippen molar-refractivity contribution in [2.75, 3.05) is 6.54 Å². The van der Waals surface area contributed by atoms with Crippen LogP contribution in [0.5, 0.6) is 0 Å². The van der Waals surface area contributed by atoms with E-state index in [1.54, 1.807) is 12.1 Å². The van der Waals surface area contributed by atoms with Gasteiger partial charge in [-0.1, -0.05) is 12.1 Å². The second-order valence-corrected chi connectivity index (χ2v) is 5.78. The predicted octanol–water partition coefficient (Wildman–Crippen LogP) is -0.577. The first-order valence-corrected chi connectivity index (χ1v) is 7.68. The normalized spacial score (nSPS) is 13.1. The highest BCUT2D eigenvalue weighted by Gasteiger charge is 2.36. The van der Waals surface area contributed by atoms with Crippen LogP contribution < -0.4 is 11.2 Å². The maximum atomic E-state index is 12.2. The van der Waals surface area contributed by atoms with E-state index in [9.17, 15) is 24.0 Å². The van der Waals surface area contributed by atoms with Crippen LogP contribution in [0, 0.1) is 0 Å². The quantitative estimate of drug-likeness (QED) is 0.535. The lowest BCUT2D eigenvalue weighted by Gasteiger charge is -2.14. The molecule has 0 saturated heterocycles. The molecule has 1 aromatic heterocycles. The van der Waals surface area contributed by atoms with Crippen molar-refractivity contribution in [3.05, 3.63) is 68.0 Å². The molecule has 0 unspecified atom stereocenters. The van der Waals surface area contributed by atoms with Gasteiger partial charge in [-0.2, -0.15) is 0 Å². The number of imide groups is 1. The minimum absolute atomic E-state index is 0.203. The summed E-state index contributed by atoms with van der Waals surface area (Å²) in [6.07, 6.45) is 0. The Morgan fingerprint density at radius 3 is 2.12 bits per heavy atom. The second kappa shape index (κ2) is 6.43. The summed E-state index contributed by atoms with van der Waals surface area (Å²) in [7, 11) is 2.78. The van der Waals surface area contributed by atoms with E-state index in [0.29, 0.717) is 0 Å². The second-order valence-electron chi connectivity index (χ2n) is 5.78. The highest BCUT2D eigenvalue weighted by molar-refractivity contribution is 6.22. The van der Waals surface area contributed by atoms with Gasteiger partial charge in [0.05, 0.1) is 16.8 Å². The topological polar surface area (TPSA) is 108 Å². The monoisotopic (exact) mass is 357 g/mol. The van der Waals surface area contributed by atoms with Crippen molar-refractivity contribution in [3.63, 3.8) is 0 Å². The van der Waals surface area contributed by atoms with E-state index in [1.807, 2.05) is 0 Å². The van der Waals surface area contributed by atoms with E-state index in [2.05, 4.69) is 0 Å². The van der Waals surface area contributed by atoms with Crippen LogP contribution in [0.15, 0.2) is 39.9 Å². The smallest absolute Gasteiger partial charge is 0.330 e. The number of benzene rings is 1. The molecule has 0 N–H and O–H groups in total. The van der Waals surface area contributed by atoms with Crippen LogP contribution >= 0.6 is 0 Å². The van der Waals surface area contributed by atoms with Gasteiger partial charge in [-0.25, -0.2) is 4.79 Å². The van der Waals surface area contributed by atoms with E-state index in [4.69, 9.17) is 4.74 Å². The van der Waals surface area contributed by atoms with Gasteiger partial charge < -0.3 is 4.74 Å². The van der Waals surface area contributed by atoms with Crippen molar-refractivity contribution in [1.29, 1.82) is 0 Å². The zero-order chi connectivity index (χ0) is 19.0. The van der Waals surface area contributed by atoms with Crippen LogP contribution in [0.1, 0.15) is 26.4 Å². The van der Waals surface area contributed by atoms with Crippen LogP contribution in [0.25, 0.3) is 0 Å². The van der Waals surface area contributed by atoms with Gasteiger partial charge in [0.2, 0.25) is 0 Å². The number of rotatable bonds is 4. The summed E-state index contributed by atoms with van der Waals surface area (Å²) in [5, 5.41) is 0. The first-order chi connectivity index (χ1) is 12.3. The Kier molecular flexibility index (Phi) is 4.29. The fraction of sp³-hybridized carbons (Fsp3) is 0.235. The lowest BCUT2D eigenvalue weighted by Crippen LogP contribution is -2.39. The molecule has 1 aliphatic heterocycles. The van der Waals surface area contributed by atoms with Crippen molar-refractivity contribution >= 4 is 17.8 Å². The van der Waals surface area contributed by atoms with E-state index >= 15 is 0 Å². The lowest BCUT2D eigenvalue weighted by atomic mass is 10.1. The number of carbonyl (C=O) groups is 3. The van der Waals surface area contributed by atoms with Crippen LogP contribution in [-0.4, -0.2) is 38.4 Å². The van der Waals surface area contributed by atoms with Crippen molar-refractivity contribution < 1.29 is 19.1 Å². The van der Waals surface area contributed by atoms with Crippen molar-refractivity contribution in [2.24, 2.45) is 14.1 Å². The maximum absolute atomic E-state index is 12.2. The van der Waals surface area contributed by atoms with Crippen molar-refractivity contribution in [1.82, 2.24) is 14.0 Å². The minimum Gasteiger partial charge on any atom is -0.458 e. The first-order valence-electron chi connectivity index (χ1n) is 7.68. The molecule has 0 aliphatic carbocycles. The number of nitrogens with zero attached hydrogens (tertiary/aromatic N) is 3. The van der Waals surface area contributed by atoms with Crippen LogP contribution in [-0.2, 0) is 30.2 Å². The Balaban J connectivity index is 1.70. The summed E-state index contributed by atoms with van der Waals surface area (Å²) in [5.41, 5.74) is -0.407. The lowest BCUT2D eigenvalue weighted by molar-refractivity contribution is -0.145. The molecule has 1 aliphatic rings. The zero-order valence-electron chi connectivity index (χ0n) is 14.1. The Bertz CT molecular complexity index is 1010. The molecule has 26 heavy (non-hydrogen) atoms. The van der Waals surface area contributed by atoms with Crippen LogP contribution in [0.3, 0.4) is 0 Å². The molecule has 0 fully saturated rings. The number of fused-ring (bicyclic) bond motifs is 1. The minimum atomic E-state index is -0.826. The van der Waals surface area contributed by atoms with Gasteiger partial charge in [0.15, 0.2) is 0 Å². The average molecular weight is 357 g/mol. The maximum Gasteiger partial charge on any atom is 0.330 e. The molecule has 9 heteroatoms. The highest BCUT2D eigenvalue weighted by atomic mass is 16.5. The third kappa shape index (κ3) is 2.83. The molecule has 0 saturated carbocycles. The van der Waals surface area contributed by atoms with Gasteiger partial charge in [0.1, 0.15) is 13.2 Å². The van der Waals surface area contributed by atoms with Crippen molar-refractivity contribution in [3.8, 4) is 0 Å². The molecule has 9 nitrogen and oxygen atoms in total. The third-order valence-electron chi connectivity index (χ3n) is 4.17. The van der Waals surface area contributed by atoms with Gasteiger partial charge in [-0.3, -0.25) is 33.2 Å². The van der Waals surface area contributed by atoms with Crippen LogP contribution in [0.4, 0.5) is 0 Å². The van der Waals surface area contributed by atoms with Crippen molar-refractivity contribution in [2.45, 2.75) is 6.61 Å². The summed E-state index contributed by atoms with van der Waals surface area (Å²) in [4.78, 5) is 60.7. The molecular weight excluding hydrogens is 342 g/mol. The number of esters is 1. The molecule has 0 spiro atoms. The van der Waals surface area contributed by atoms with E-state index < -0.39 is 35.6 Å². The summed E-state index contributed by atoms with van der Waals surface area (Å²) in [6.45, 7) is -0.880. The van der Waals surface area contributed by atoms with Gasteiger partial charge >= 0.3 is 11.7 Å². The number of aromatic nitrogens is 2. The van der Waals surface area contributed by atoms with E-state index in [1.165, 1.54) is 36.9 Å². The van der Waals surface area contributed by atoms with Gasteiger partial charge in [0, 0.05) is 20.2 Å². The molecule has 3 rings (SSSR count). The number of ether oxygens (including phenoxy) is 1. The molecule has 2 amide bonds. The SMILES string of the molecule is Cn1c(COC(=O)CN2C(=O)c3ccccc3C2=O)cc(=O)n(C)c1=O. The standard InChI is InChI=1S/C17H15N3O6/c1-18-10(7-13(21)19(2)17(18)25)9-26-14(22)8-20-15(23)11-5-3-4-6-12(11)16(20)24/h3-7H,8-9H2,1-2H3. The fourth-order valence-electron chi connectivity index (χ4n) is 2.63. The molecule has 2 heterocycles. The fourth-order valence-corrected chi connectivity index (χ4v) is 2.63. The number of amides is 2. The Morgan fingerprint density at radius 2 is 1.54 bits per heavy atom. The summed E-state index contributed by atoms with van der Waals surface area (Å²) in [5.74, 6) is -1.96. The molecule has 0 bridgehead atoms. The Hall–Kier alpha value is -3.49. The van der Waals surface area contributed by atoms with Gasteiger partial charge in [0.25, 0.3) is 17.4 Å². The molecular formula is C17H15N3O6. The first kappa shape index (κ1) is 17.3. The average Bonchev–Trinajstić information content (AvgIpc) is 2.87. The summed E-state index contributed by atoms with van der Waals surface area (Å²) >= 11 is 0. The largest absolute Gasteiger partial charge is 0.458 e. The molecule has 134 valence electrons. The number of hydrogen-bond donors (Lipinski definition) is 0. The van der Waals surface area contributed by atoms with Crippen LogP contribution in [0.2, 0.25) is 0 Å². The zero-order valence-corrected chi connectivity index (χ0v) is 14.1. The highest BCUT2D eigenvalue weighted by Crippen LogP contribution is 2.22. The van der Waals surface area contributed by atoms with Gasteiger partial charge in [-0.15, -0.1) is 0 Å². The Morgan fingerprint density at radius 1 is 0.962 bits per heavy atom. The predicted molar refractivity (Wildman–Crippen MR) is 88.5 cm³/mol. The van der Waals surface area contributed by atoms with E-state index in [-0.39, 0.29) is 23.4 Å². The third-order valence-corrected chi connectivity index (χ3v) is 4.17. The molecule has 1 aromatic carbocycles. The molecule has 0 atom stereocenters. The summed E-state index contributed by atoms with van der Waals surface area (Å²) in [6, 6.07) is 7.45. The molecule has 0 radical (unpaired) electrons. The van der Waals surface area contributed by atoms with Gasteiger partial charge in [-0.05, 0) is 12.1 Å². The summed E-state index contributed by atoms with van der Waals surface area (Å²) < 4.78 is 7.12. The van der Waals surface area contributed by atoms with E-state index in [0.717, 1.165) is 9.47 Å².